The van der Waals surface area contributed by atoms with Crippen LogP contribution in [-0.4, -0.2) is 76.2 Å². The van der Waals surface area contributed by atoms with Gasteiger partial charge in [0.25, 0.3) is 11.8 Å². The first-order chi connectivity index (χ1) is 16.8. The molecule has 2 aromatic heterocycles. The van der Waals surface area contributed by atoms with Crippen LogP contribution in [0, 0.1) is 0 Å². The molecule has 1 aliphatic heterocycles. The van der Waals surface area contributed by atoms with E-state index >= 15 is 0 Å². The molecule has 11 heteroatoms. The molecule has 1 aliphatic rings. The average molecular weight is 478 g/mol. The fourth-order valence-electron chi connectivity index (χ4n) is 3.71. The predicted molar refractivity (Wildman–Crippen MR) is 130 cm³/mol. The summed E-state index contributed by atoms with van der Waals surface area (Å²) in [6.45, 7) is 5.49. The number of piperazine rings is 1. The fraction of sp³-hybridized carbons (Fsp3) is 0.292. The van der Waals surface area contributed by atoms with E-state index < -0.39 is 11.9 Å². The van der Waals surface area contributed by atoms with Gasteiger partial charge in [0.2, 0.25) is 0 Å². The number of hydrogen-bond acceptors (Lipinski definition) is 7. The largest absolute Gasteiger partial charge is 0.478 e. The Balaban J connectivity index is 1.32. The van der Waals surface area contributed by atoms with Crippen LogP contribution in [-0.2, 0) is 0 Å². The maximum absolute atomic E-state index is 12.6. The number of anilines is 2. The number of carboxylic acids is 1. The minimum absolute atomic E-state index is 0.172. The number of H-pyrrole nitrogens is 1. The molecule has 35 heavy (non-hydrogen) atoms. The van der Waals surface area contributed by atoms with Gasteiger partial charge in [-0.1, -0.05) is 12.1 Å². The number of aromatic nitrogens is 3. The molecular formula is C24H27N7O4. The van der Waals surface area contributed by atoms with Gasteiger partial charge in [0.1, 0.15) is 11.5 Å². The van der Waals surface area contributed by atoms with Crippen molar-refractivity contribution < 1.29 is 19.5 Å². The Morgan fingerprint density at radius 1 is 1.00 bits per heavy atom. The molecule has 4 N–H and O–H groups in total. The highest BCUT2D eigenvalue weighted by Gasteiger charge is 2.18. The molecule has 11 nitrogen and oxygen atoms in total. The molecule has 0 aliphatic carbocycles. The van der Waals surface area contributed by atoms with E-state index in [1.165, 1.54) is 24.4 Å². The Labute approximate surface area is 202 Å². The molecular weight excluding hydrogens is 450 g/mol. The lowest BCUT2D eigenvalue weighted by Gasteiger charge is -2.33. The van der Waals surface area contributed by atoms with Crippen molar-refractivity contribution in [1.82, 2.24) is 25.4 Å². The summed E-state index contributed by atoms with van der Waals surface area (Å²) in [7, 11) is 2.09. The predicted octanol–water partition coefficient (Wildman–Crippen LogP) is 2.00. The summed E-state index contributed by atoms with van der Waals surface area (Å²) in [4.78, 5) is 45.0. The lowest BCUT2D eigenvalue weighted by molar-refractivity contribution is 0.0696. The van der Waals surface area contributed by atoms with Gasteiger partial charge < -0.3 is 25.5 Å². The summed E-state index contributed by atoms with van der Waals surface area (Å²) in [5, 5.41) is 21.1. The topological polar surface area (TPSA) is 144 Å². The Morgan fingerprint density at radius 2 is 1.69 bits per heavy atom. The second kappa shape index (κ2) is 10.3. The lowest BCUT2D eigenvalue weighted by atomic mass is 10.1. The summed E-state index contributed by atoms with van der Waals surface area (Å²) in [5.74, 6) is -0.761. The third-order valence-corrected chi connectivity index (χ3v) is 5.91. The molecule has 0 radical (unpaired) electrons. The van der Waals surface area contributed by atoms with Crippen molar-refractivity contribution in [2.45, 2.75) is 13.0 Å². The fourth-order valence-corrected chi connectivity index (χ4v) is 3.71. The number of carbonyl (C=O) groups is 3. The SMILES string of the molecule is C[C@@H](NC(=O)c1cc(NC(=O)c2ccc(N3CCN(C)CC3)nc2)n[nH]1)c1ccc(C(=O)O)cc1. The average Bonchev–Trinajstić information content (AvgIpc) is 3.33. The summed E-state index contributed by atoms with van der Waals surface area (Å²) in [6, 6.07) is 10.9. The number of pyridine rings is 1. The molecule has 0 spiro atoms. The van der Waals surface area contributed by atoms with Gasteiger partial charge in [0.05, 0.1) is 17.2 Å². The molecule has 3 aromatic rings. The van der Waals surface area contributed by atoms with Crippen molar-refractivity contribution in [1.29, 1.82) is 0 Å². The van der Waals surface area contributed by atoms with Crippen molar-refractivity contribution in [3.05, 3.63) is 71.0 Å². The molecule has 1 atom stereocenters. The lowest BCUT2D eigenvalue weighted by Crippen LogP contribution is -2.44. The number of nitrogens with one attached hydrogen (secondary N) is 3. The zero-order valence-corrected chi connectivity index (χ0v) is 19.5. The van der Waals surface area contributed by atoms with Gasteiger partial charge in [-0.2, -0.15) is 5.10 Å². The number of carbonyl (C=O) groups excluding carboxylic acids is 2. The van der Waals surface area contributed by atoms with E-state index in [0.717, 1.165) is 37.6 Å². The van der Waals surface area contributed by atoms with Crippen LogP contribution < -0.4 is 15.5 Å². The van der Waals surface area contributed by atoms with Crippen LogP contribution in [0.15, 0.2) is 48.7 Å². The van der Waals surface area contributed by atoms with Gasteiger partial charge in [-0.25, -0.2) is 9.78 Å². The normalized spacial score (nSPS) is 14.9. The van der Waals surface area contributed by atoms with Crippen molar-refractivity contribution in [3.63, 3.8) is 0 Å². The Hall–Kier alpha value is -4.25. The standard InChI is InChI=1S/C24H27N7O4/c1-15(16-3-5-17(6-4-16)24(34)35)26-23(33)19-13-20(29-28-19)27-22(32)18-7-8-21(25-14-18)31-11-9-30(2)10-12-31/h3-8,13-15H,9-12H2,1-2H3,(H,26,33)(H,34,35)(H2,27,28,29,32)/t15-/m1/s1. The van der Waals surface area contributed by atoms with Crippen LogP contribution in [0.4, 0.5) is 11.6 Å². The van der Waals surface area contributed by atoms with Gasteiger partial charge in [-0.15, -0.1) is 0 Å². The molecule has 182 valence electrons. The number of carboxylic acid groups (broad SMARTS) is 1. The van der Waals surface area contributed by atoms with E-state index in [4.69, 9.17) is 5.11 Å². The second-order valence-electron chi connectivity index (χ2n) is 8.44. The number of likely N-dealkylation sites (N-methyl/N-ethyl adjacent to an activating group) is 1. The number of nitrogens with zero attached hydrogens (tertiary/aromatic N) is 4. The number of rotatable bonds is 7. The highest BCUT2D eigenvalue weighted by Crippen LogP contribution is 2.16. The highest BCUT2D eigenvalue weighted by molar-refractivity contribution is 6.04. The van der Waals surface area contributed by atoms with Crippen LogP contribution in [0.2, 0.25) is 0 Å². The molecule has 2 amide bonds. The van der Waals surface area contributed by atoms with Gasteiger partial charge in [0.15, 0.2) is 5.82 Å². The third-order valence-electron chi connectivity index (χ3n) is 5.91. The molecule has 3 heterocycles. The first-order valence-electron chi connectivity index (χ1n) is 11.2. The number of aromatic amines is 1. The Bertz CT molecular complexity index is 1200. The molecule has 0 unspecified atom stereocenters. The smallest absolute Gasteiger partial charge is 0.335 e. The Morgan fingerprint density at radius 3 is 2.31 bits per heavy atom. The second-order valence-corrected chi connectivity index (χ2v) is 8.44. The van der Waals surface area contributed by atoms with Crippen LogP contribution >= 0.6 is 0 Å². The van der Waals surface area contributed by atoms with Crippen LogP contribution in [0.25, 0.3) is 0 Å². The van der Waals surface area contributed by atoms with E-state index in [0.29, 0.717) is 5.56 Å². The van der Waals surface area contributed by atoms with E-state index in [2.05, 4.69) is 42.7 Å². The summed E-state index contributed by atoms with van der Waals surface area (Å²) in [6.07, 6.45) is 1.53. The minimum Gasteiger partial charge on any atom is -0.478 e. The van der Waals surface area contributed by atoms with E-state index in [1.807, 2.05) is 6.07 Å². The molecule has 4 rings (SSSR count). The van der Waals surface area contributed by atoms with Crippen molar-refractivity contribution in [2.75, 3.05) is 43.4 Å². The number of benzene rings is 1. The first-order valence-corrected chi connectivity index (χ1v) is 11.2. The number of hydrogen-bond donors (Lipinski definition) is 4. The minimum atomic E-state index is -1.01. The summed E-state index contributed by atoms with van der Waals surface area (Å²) in [5.41, 5.74) is 1.49. The van der Waals surface area contributed by atoms with Crippen molar-refractivity contribution >= 4 is 29.4 Å². The quantitative estimate of drug-likeness (QED) is 0.405. The monoisotopic (exact) mass is 477 g/mol. The van der Waals surface area contributed by atoms with Crippen LogP contribution in [0.3, 0.4) is 0 Å². The van der Waals surface area contributed by atoms with E-state index in [-0.39, 0.29) is 29.0 Å². The maximum atomic E-state index is 12.6. The van der Waals surface area contributed by atoms with Gasteiger partial charge in [-0.05, 0) is 43.8 Å². The van der Waals surface area contributed by atoms with E-state index in [9.17, 15) is 14.4 Å². The van der Waals surface area contributed by atoms with Crippen LogP contribution in [0.1, 0.15) is 49.7 Å². The molecule has 0 bridgehead atoms. The zero-order valence-electron chi connectivity index (χ0n) is 19.5. The summed E-state index contributed by atoms with van der Waals surface area (Å²) < 4.78 is 0. The van der Waals surface area contributed by atoms with Gasteiger partial charge >= 0.3 is 5.97 Å². The maximum Gasteiger partial charge on any atom is 0.335 e. The third kappa shape index (κ3) is 5.82. The number of aromatic carboxylic acids is 1. The molecule has 1 saturated heterocycles. The molecule has 1 aromatic carbocycles. The molecule has 1 fully saturated rings. The highest BCUT2D eigenvalue weighted by atomic mass is 16.4. The molecule has 0 saturated carbocycles. The van der Waals surface area contributed by atoms with Crippen molar-refractivity contribution in [2.24, 2.45) is 0 Å². The first kappa shape index (κ1) is 23.9. The Kier molecular flexibility index (Phi) is 7.06. The van der Waals surface area contributed by atoms with E-state index in [1.54, 1.807) is 25.1 Å². The summed E-state index contributed by atoms with van der Waals surface area (Å²) >= 11 is 0. The van der Waals surface area contributed by atoms with Crippen LogP contribution in [0.5, 0.6) is 0 Å². The van der Waals surface area contributed by atoms with Gasteiger partial charge in [0, 0.05) is 38.4 Å². The van der Waals surface area contributed by atoms with Gasteiger partial charge in [-0.3, -0.25) is 14.7 Å². The van der Waals surface area contributed by atoms with Crippen molar-refractivity contribution in [3.8, 4) is 0 Å². The number of amides is 2. The zero-order chi connectivity index (χ0) is 24.9.